The second-order valence-electron chi connectivity index (χ2n) is 2.04. The van der Waals surface area contributed by atoms with Gasteiger partial charge in [-0.3, -0.25) is 4.79 Å². The lowest BCUT2D eigenvalue weighted by Crippen LogP contribution is -2.04. The third kappa shape index (κ3) is 2.62. The first kappa shape index (κ1) is 9.85. The number of carbonyl (C=O) groups is 1. The molecule has 0 radical (unpaired) electrons. The van der Waals surface area contributed by atoms with Gasteiger partial charge in [-0.25, -0.2) is 4.98 Å². The van der Waals surface area contributed by atoms with Crippen LogP contribution >= 0.6 is 11.6 Å². The van der Waals surface area contributed by atoms with E-state index in [1.54, 1.807) is 0 Å². The molecule has 1 rings (SSSR count). The van der Waals surface area contributed by atoms with Crippen LogP contribution in [0.2, 0.25) is 5.15 Å². The molecule has 0 atom stereocenters. The van der Waals surface area contributed by atoms with Gasteiger partial charge in [0.2, 0.25) is 0 Å². The van der Waals surface area contributed by atoms with E-state index < -0.39 is 6.61 Å². The molecule has 0 aliphatic rings. The zero-order chi connectivity index (χ0) is 9.84. The van der Waals surface area contributed by atoms with Crippen molar-refractivity contribution in [1.82, 2.24) is 4.98 Å². The van der Waals surface area contributed by atoms with Crippen LogP contribution < -0.4 is 4.74 Å². The van der Waals surface area contributed by atoms with E-state index >= 15 is 0 Å². The first-order valence-electron chi connectivity index (χ1n) is 3.19. The monoisotopic (exact) mass is 207 g/mol. The Morgan fingerprint density at radius 1 is 1.62 bits per heavy atom. The fourth-order valence-electron chi connectivity index (χ4n) is 0.710. The topological polar surface area (TPSA) is 39.2 Å². The molecule has 0 aliphatic carbocycles. The quantitative estimate of drug-likeness (QED) is 0.563. The van der Waals surface area contributed by atoms with Crippen molar-refractivity contribution in [2.45, 2.75) is 6.61 Å². The highest BCUT2D eigenvalue weighted by molar-refractivity contribution is 6.29. The number of halogens is 3. The molecule has 0 unspecified atom stereocenters. The normalized spacial score (nSPS) is 10.2. The van der Waals surface area contributed by atoms with Crippen molar-refractivity contribution in [2.24, 2.45) is 0 Å². The van der Waals surface area contributed by atoms with E-state index in [0.29, 0.717) is 6.29 Å². The highest BCUT2D eigenvalue weighted by Crippen LogP contribution is 2.21. The highest BCUT2D eigenvalue weighted by Gasteiger charge is 2.10. The Bertz CT molecular complexity index is 319. The van der Waals surface area contributed by atoms with E-state index in [1.165, 1.54) is 0 Å². The Morgan fingerprint density at radius 3 is 2.85 bits per heavy atom. The molecule has 0 bridgehead atoms. The largest absolute Gasteiger partial charge is 0.434 e. The molecule has 1 aromatic heterocycles. The molecule has 0 fully saturated rings. The summed E-state index contributed by atoms with van der Waals surface area (Å²) in [4.78, 5) is 13.8. The van der Waals surface area contributed by atoms with E-state index in [0.717, 1.165) is 12.3 Å². The Balaban J connectivity index is 3.01. The van der Waals surface area contributed by atoms with Crippen LogP contribution in [-0.4, -0.2) is 17.9 Å². The second kappa shape index (κ2) is 4.13. The van der Waals surface area contributed by atoms with Gasteiger partial charge in [-0.1, -0.05) is 11.6 Å². The Labute approximate surface area is 77.3 Å². The van der Waals surface area contributed by atoms with Crippen LogP contribution in [0.15, 0.2) is 12.3 Å². The molecule has 0 saturated heterocycles. The van der Waals surface area contributed by atoms with Crippen LogP contribution in [0.5, 0.6) is 5.75 Å². The van der Waals surface area contributed by atoms with Gasteiger partial charge >= 0.3 is 6.61 Å². The number of aromatic nitrogens is 1. The number of alkyl halides is 2. The first-order chi connectivity index (χ1) is 6.13. The smallest absolute Gasteiger partial charge is 0.387 e. The Morgan fingerprint density at radius 2 is 2.31 bits per heavy atom. The maximum atomic E-state index is 11.8. The molecule has 3 nitrogen and oxygen atoms in total. The van der Waals surface area contributed by atoms with E-state index in [-0.39, 0.29) is 16.5 Å². The summed E-state index contributed by atoms with van der Waals surface area (Å²) >= 11 is 5.41. The highest BCUT2D eigenvalue weighted by atomic mass is 35.5. The van der Waals surface area contributed by atoms with Gasteiger partial charge < -0.3 is 4.74 Å². The number of hydrogen-bond acceptors (Lipinski definition) is 3. The van der Waals surface area contributed by atoms with Crippen molar-refractivity contribution >= 4 is 17.9 Å². The average Bonchev–Trinajstić information content (AvgIpc) is 2.03. The molecule has 0 amide bonds. The number of nitrogens with zero attached hydrogens (tertiary/aromatic N) is 1. The van der Waals surface area contributed by atoms with Crippen molar-refractivity contribution < 1.29 is 18.3 Å². The van der Waals surface area contributed by atoms with Crippen molar-refractivity contribution in [1.29, 1.82) is 0 Å². The van der Waals surface area contributed by atoms with E-state index in [1.807, 2.05) is 0 Å². The van der Waals surface area contributed by atoms with Crippen LogP contribution in [0.3, 0.4) is 0 Å². The molecule has 13 heavy (non-hydrogen) atoms. The van der Waals surface area contributed by atoms with E-state index in [4.69, 9.17) is 11.6 Å². The predicted molar refractivity (Wildman–Crippen MR) is 41.3 cm³/mol. The van der Waals surface area contributed by atoms with Gasteiger partial charge in [0, 0.05) is 12.3 Å². The summed E-state index contributed by atoms with van der Waals surface area (Å²) in [6.07, 6.45) is 1.42. The van der Waals surface area contributed by atoms with Crippen LogP contribution in [0.25, 0.3) is 0 Å². The number of aldehydes is 1. The minimum absolute atomic E-state index is 0.0127. The molecule has 0 spiro atoms. The summed E-state index contributed by atoms with van der Waals surface area (Å²) in [6.45, 7) is -2.99. The summed E-state index contributed by atoms with van der Waals surface area (Å²) in [6, 6.07) is 1.05. The van der Waals surface area contributed by atoms with Gasteiger partial charge in [0.25, 0.3) is 0 Å². The Kier molecular flexibility index (Phi) is 3.13. The molecule has 0 aliphatic heterocycles. The minimum Gasteiger partial charge on any atom is -0.434 e. The van der Waals surface area contributed by atoms with Gasteiger partial charge in [0.15, 0.2) is 6.29 Å². The lowest BCUT2D eigenvalue weighted by molar-refractivity contribution is -0.0501. The molecule has 6 heteroatoms. The first-order valence-corrected chi connectivity index (χ1v) is 3.57. The SMILES string of the molecule is O=Cc1cnc(Cl)cc1OC(F)F. The zero-order valence-electron chi connectivity index (χ0n) is 6.21. The van der Waals surface area contributed by atoms with Gasteiger partial charge in [0.1, 0.15) is 10.9 Å². The maximum Gasteiger partial charge on any atom is 0.387 e. The van der Waals surface area contributed by atoms with Crippen LogP contribution in [0, 0.1) is 0 Å². The molecular formula is C7H4ClF2NO2. The lowest BCUT2D eigenvalue weighted by atomic mass is 10.3. The summed E-state index contributed by atoms with van der Waals surface area (Å²) in [7, 11) is 0. The van der Waals surface area contributed by atoms with Crippen LogP contribution in [0.4, 0.5) is 8.78 Å². The van der Waals surface area contributed by atoms with Gasteiger partial charge in [0.05, 0.1) is 5.56 Å². The fraction of sp³-hybridized carbons (Fsp3) is 0.143. The molecule has 70 valence electrons. The summed E-state index contributed by atoms with van der Waals surface area (Å²) < 4.78 is 27.6. The molecule has 1 heterocycles. The summed E-state index contributed by atoms with van der Waals surface area (Å²) in [5.41, 5.74) is -0.0651. The predicted octanol–water partition coefficient (Wildman–Crippen LogP) is 2.15. The molecule has 1 aromatic rings. The van der Waals surface area contributed by atoms with Crippen LogP contribution in [0.1, 0.15) is 10.4 Å². The number of ether oxygens (including phenoxy) is 1. The van der Waals surface area contributed by atoms with Crippen molar-refractivity contribution in [3.63, 3.8) is 0 Å². The van der Waals surface area contributed by atoms with E-state index in [2.05, 4.69) is 9.72 Å². The molecule has 0 N–H and O–H groups in total. The van der Waals surface area contributed by atoms with Crippen molar-refractivity contribution in [3.05, 3.63) is 23.0 Å². The summed E-state index contributed by atoms with van der Waals surface area (Å²) in [5, 5.41) is -0.0127. The third-order valence-corrected chi connectivity index (χ3v) is 1.41. The third-order valence-electron chi connectivity index (χ3n) is 1.20. The number of carbonyl (C=O) groups excluding carboxylic acids is 1. The van der Waals surface area contributed by atoms with Gasteiger partial charge in [-0.2, -0.15) is 8.78 Å². The van der Waals surface area contributed by atoms with Gasteiger partial charge in [-0.15, -0.1) is 0 Å². The molecule has 0 aromatic carbocycles. The standard InChI is InChI=1S/C7H4ClF2NO2/c8-6-1-5(13-7(9)10)4(3-12)2-11-6/h1-3,7H. The lowest BCUT2D eigenvalue weighted by Gasteiger charge is -2.05. The van der Waals surface area contributed by atoms with Crippen LogP contribution in [-0.2, 0) is 0 Å². The average molecular weight is 208 g/mol. The fourth-order valence-corrected chi connectivity index (χ4v) is 0.858. The second-order valence-corrected chi connectivity index (χ2v) is 2.43. The van der Waals surface area contributed by atoms with E-state index in [9.17, 15) is 13.6 Å². The van der Waals surface area contributed by atoms with Crippen molar-refractivity contribution in [2.75, 3.05) is 0 Å². The minimum atomic E-state index is -2.99. The Hall–Kier alpha value is -1.23. The summed E-state index contributed by atoms with van der Waals surface area (Å²) in [5.74, 6) is -0.273. The maximum absolute atomic E-state index is 11.8. The number of rotatable bonds is 3. The number of pyridine rings is 1. The van der Waals surface area contributed by atoms with Crippen molar-refractivity contribution in [3.8, 4) is 5.75 Å². The zero-order valence-corrected chi connectivity index (χ0v) is 6.96. The van der Waals surface area contributed by atoms with Gasteiger partial charge in [-0.05, 0) is 0 Å². The number of hydrogen-bond donors (Lipinski definition) is 0. The molecular weight excluding hydrogens is 204 g/mol. The molecule has 0 saturated carbocycles.